The molecule has 1 aliphatic heterocycles. The molecule has 0 fully saturated rings. The van der Waals surface area contributed by atoms with E-state index in [9.17, 15) is 0 Å². The minimum absolute atomic E-state index is 0.942. The second-order valence-corrected chi connectivity index (χ2v) is 9.58. The average Bonchev–Trinajstić information content (AvgIpc) is 3.28. The molecule has 0 radical (unpaired) electrons. The zero-order valence-electron chi connectivity index (χ0n) is 20.7. The van der Waals surface area contributed by atoms with Gasteiger partial charge in [-0.05, 0) is 12.3 Å². The highest BCUT2D eigenvalue weighted by molar-refractivity contribution is 6.18. The SMILES string of the molecule is CCCCCCCCCCCCCCCCCCC(CC)CCCC[C+]1N=CC=N1. The summed E-state index contributed by atoms with van der Waals surface area (Å²) in [6, 6.07) is 0. The first-order valence-corrected chi connectivity index (χ1v) is 13.8. The highest BCUT2D eigenvalue weighted by Crippen LogP contribution is 2.23. The van der Waals surface area contributed by atoms with Crippen molar-refractivity contribution in [3.05, 3.63) is 6.17 Å². The van der Waals surface area contributed by atoms with E-state index >= 15 is 0 Å². The lowest BCUT2D eigenvalue weighted by Crippen LogP contribution is -1.99. The van der Waals surface area contributed by atoms with E-state index in [0.717, 1.165) is 18.5 Å². The maximum absolute atomic E-state index is 4.27. The van der Waals surface area contributed by atoms with E-state index < -0.39 is 0 Å². The molecule has 0 amide bonds. The Morgan fingerprint density at radius 2 is 0.933 bits per heavy atom. The van der Waals surface area contributed by atoms with E-state index in [-0.39, 0.29) is 0 Å². The van der Waals surface area contributed by atoms with Crippen molar-refractivity contribution in [3.63, 3.8) is 0 Å². The van der Waals surface area contributed by atoms with E-state index in [1.807, 2.05) is 12.4 Å². The monoisotopic (exact) mass is 417 g/mol. The number of hydrogen-bond acceptors (Lipinski definition) is 2. The van der Waals surface area contributed by atoms with Gasteiger partial charge in [-0.2, -0.15) is 0 Å². The molecule has 2 heteroatoms. The summed E-state index contributed by atoms with van der Waals surface area (Å²) < 4.78 is 0. The van der Waals surface area contributed by atoms with Crippen LogP contribution in [0.1, 0.15) is 155 Å². The Labute approximate surface area is 189 Å². The smallest absolute Gasteiger partial charge is 0.0968 e. The molecule has 30 heavy (non-hydrogen) atoms. The molecule has 0 saturated heterocycles. The summed E-state index contributed by atoms with van der Waals surface area (Å²) in [5, 5.41) is 0. The van der Waals surface area contributed by atoms with Gasteiger partial charge < -0.3 is 0 Å². The Hall–Kier alpha value is -0.790. The highest BCUT2D eigenvalue weighted by Gasteiger charge is 2.15. The molecule has 1 heterocycles. The summed E-state index contributed by atoms with van der Waals surface area (Å²) in [5.41, 5.74) is 0. The lowest BCUT2D eigenvalue weighted by molar-refractivity contribution is 0.394. The largest absolute Gasteiger partial charge is 0.240 e. The van der Waals surface area contributed by atoms with Gasteiger partial charge in [-0.3, -0.25) is 0 Å². The second kappa shape index (κ2) is 21.4. The van der Waals surface area contributed by atoms with Crippen molar-refractivity contribution in [2.45, 2.75) is 155 Å². The quantitative estimate of drug-likeness (QED) is 0.117. The predicted molar refractivity (Wildman–Crippen MR) is 137 cm³/mol. The Balaban J connectivity index is 1.76. The van der Waals surface area contributed by atoms with Crippen LogP contribution in [0.4, 0.5) is 0 Å². The van der Waals surface area contributed by atoms with Gasteiger partial charge in [0.15, 0.2) is 12.4 Å². The van der Waals surface area contributed by atoms with Gasteiger partial charge in [0.1, 0.15) is 0 Å². The van der Waals surface area contributed by atoms with Crippen molar-refractivity contribution < 1.29 is 0 Å². The summed E-state index contributed by atoms with van der Waals surface area (Å²) in [5.74, 6) is 0.942. The molecule has 1 unspecified atom stereocenters. The fourth-order valence-electron chi connectivity index (χ4n) is 4.65. The van der Waals surface area contributed by atoms with Crippen LogP contribution in [0.2, 0.25) is 0 Å². The van der Waals surface area contributed by atoms with Crippen LogP contribution < -0.4 is 0 Å². The van der Waals surface area contributed by atoms with Gasteiger partial charge >= 0.3 is 0 Å². The van der Waals surface area contributed by atoms with Crippen molar-refractivity contribution in [1.82, 2.24) is 0 Å². The van der Waals surface area contributed by atoms with Crippen LogP contribution in [0.3, 0.4) is 0 Å². The van der Waals surface area contributed by atoms with Crippen LogP contribution in [0.25, 0.3) is 0 Å². The van der Waals surface area contributed by atoms with Crippen LogP contribution in [0.5, 0.6) is 0 Å². The normalized spacial score (nSPS) is 14.1. The third-order valence-corrected chi connectivity index (χ3v) is 6.82. The Morgan fingerprint density at radius 3 is 1.37 bits per heavy atom. The zero-order chi connectivity index (χ0) is 21.5. The maximum Gasteiger partial charge on any atom is 0.240 e. The number of nitrogens with zero attached hydrogens (tertiary/aromatic N) is 2. The Morgan fingerprint density at radius 1 is 0.533 bits per heavy atom. The van der Waals surface area contributed by atoms with Gasteiger partial charge in [0.2, 0.25) is 6.17 Å². The standard InChI is InChI=1S/C28H53N2/c1-3-5-6-7-8-9-10-11-12-13-14-15-16-17-18-19-22-27(4-2)23-20-21-24-28-29-25-26-30-28/h25-27H,3-24H2,1-2H3/q+1. The number of unbranched alkanes of at least 4 members (excludes halogenated alkanes) is 16. The number of aliphatic imine (C=N–C) groups is 2. The van der Waals surface area contributed by atoms with Gasteiger partial charge in [-0.25, -0.2) is 0 Å². The first-order chi connectivity index (χ1) is 14.9. The van der Waals surface area contributed by atoms with Crippen LogP contribution in [-0.2, 0) is 0 Å². The Bertz CT molecular complexity index is 389. The lowest BCUT2D eigenvalue weighted by Gasteiger charge is -2.14. The van der Waals surface area contributed by atoms with Crippen molar-refractivity contribution in [3.8, 4) is 0 Å². The van der Waals surface area contributed by atoms with Crippen LogP contribution in [0.15, 0.2) is 9.98 Å². The number of hydrogen-bond donors (Lipinski definition) is 0. The minimum Gasteiger partial charge on any atom is -0.0968 e. The van der Waals surface area contributed by atoms with Crippen LogP contribution in [-0.4, -0.2) is 12.4 Å². The van der Waals surface area contributed by atoms with Crippen molar-refractivity contribution in [2.75, 3.05) is 0 Å². The van der Waals surface area contributed by atoms with Gasteiger partial charge in [-0.15, -0.1) is 0 Å². The van der Waals surface area contributed by atoms with Crippen molar-refractivity contribution in [2.24, 2.45) is 15.9 Å². The molecule has 0 saturated carbocycles. The minimum atomic E-state index is 0.942. The summed E-state index contributed by atoms with van der Waals surface area (Å²) in [6.07, 6.45) is 35.9. The molecular formula is C28H53N2+. The summed E-state index contributed by atoms with van der Waals surface area (Å²) >= 11 is 0. The maximum atomic E-state index is 4.27. The van der Waals surface area contributed by atoms with E-state index in [0.29, 0.717) is 0 Å². The van der Waals surface area contributed by atoms with E-state index in [2.05, 4.69) is 23.8 Å². The molecule has 0 aliphatic carbocycles. The second-order valence-electron chi connectivity index (χ2n) is 9.58. The third-order valence-electron chi connectivity index (χ3n) is 6.82. The molecule has 0 aromatic carbocycles. The predicted octanol–water partition coefficient (Wildman–Crippen LogP) is 9.87. The molecule has 0 bridgehead atoms. The average molecular weight is 418 g/mol. The molecule has 1 atom stereocenters. The molecule has 0 spiro atoms. The zero-order valence-corrected chi connectivity index (χ0v) is 20.7. The number of rotatable bonds is 23. The van der Waals surface area contributed by atoms with Crippen LogP contribution >= 0.6 is 0 Å². The molecule has 0 N–H and O–H groups in total. The Kier molecular flexibility index (Phi) is 19.5. The summed E-state index contributed by atoms with van der Waals surface area (Å²) in [6.45, 7) is 4.67. The molecule has 0 aromatic rings. The first-order valence-electron chi connectivity index (χ1n) is 13.8. The lowest BCUT2D eigenvalue weighted by atomic mass is 9.92. The third kappa shape index (κ3) is 16.9. The molecule has 1 aliphatic rings. The molecule has 174 valence electrons. The fraction of sp³-hybridized carbons (Fsp3) is 0.893. The van der Waals surface area contributed by atoms with Crippen molar-refractivity contribution in [1.29, 1.82) is 0 Å². The van der Waals surface area contributed by atoms with E-state index in [1.165, 1.54) is 135 Å². The first kappa shape index (κ1) is 27.2. The van der Waals surface area contributed by atoms with Gasteiger partial charge in [0.25, 0.3) is 0 Å². The summed E-state index contributed by atoms with van der Waals surface area (Å²) in [4.78, 5) is 8.53. The molecule has 1 rings (SSSR count). The molecular weight excluding hydrogens is 364 g/mol. The van der Waals surface area contributed by atoms with E-state index in [4.69, 9.17) is 0 Å². The van der Waals surface area contributed by atoms with Gasteiger partial charge in [0, 0.05) is 0 Å². The van der Waals surface area contributed by atoms with Gasteiger partial charge in [0.05, 0.1) is 6.42 Å². The summed E-state index contributed by atoms with van der Waals surface area (Å²) in [7, 11) is 0. The van der Waals surface area contributed by atoms with E-state index in [1.54, 1.807) is 0 Å². The molecule has 0 aromatic heterocycles. The van der Waals surface area contributed by atoms with Crippen molar-refractivity contribution >= 4 is 12.4 Å². The van der Waals surface area contributed by atoms with Gasteiger partial charge in [-0.1, -0.05) is 152 Å². The molecule has 2 nitrogen and oxygen atoms in total. The highest BCUT2D eigenvalue weighted by atomic mass is 15.0. The topological polar surface area (TPSA) is 24.7 Å². The van der Waals surface area contributed by atoms with Crippen LogP contribution in [0, 0.1) is 12.1 Å². The fourth-order valence-corrected chi connectivity index (χ4v) is 4.65.